The Bertz CT molecular complexity index is 593. The Balaban J connectivity index is 1.95. The summed E-state index contributed by atoms with van der Waals surface area (Å²) in [6, 6.07) is 13.6. The summed E-state index contributed by atoms with van der Waals surface area (Å²) in [4.78, 5) is 0. The van der Waals surface area contributed by atoms with Gasteiger partial charge in [0.2, 0.25) is 0 Å². The van der Waals surface area contributed by atoms with Crippen molar-refractivity contribution in [3.8, 4) is 0 Å². The second-order valence-electron chi connectivity index (χ2n) is 5.41. The lowest BCUT2D eigenvalue weighted by Gasteiger charge is -2.24. The average Bonchev–Trinajstić information content (AvgIpc) is 2.98. The van der Waals surface area contributed by atoms with Crippen molar-refractivity contribution in [2.75, 3.05) is 19.8 Å². The first kappa shape index (κ1) is 14.1. The average molecular weight is 334 g/mol. The van der Waals surface area contributed by atoms with E-state index in [1.807, 2.05) is 0 Å². The molecule has 2 unspecified atom stereocenters. The minimum atomic E-state index is 0.399. The van der Waals surface area contributed by atoms with Gasteiger partial charge in [0, 0.05) is 23.0 Å². The molecule has 1 N–H and O–H groups in total. The number of benzene rings is 2. The summed E-state index contributed by atoms with van der Waals surface area (Å²) in [6.45, 7) is 4.92. The maximum absolute atomic E-state index is 5.56. The van der Waals surface area contributed by atoms with Crippen LogP contribution in [0.1, 0.15) is 24.9 Å². The maximum atomic E-state index is 5.56. The number of hydrogen-bond donors (Lipinski definition) is 1. The molecule has 0 bridgehead atoms. The molecule has 2 aromatic rings. The highest BCUT2D eigenvalue weighted by Gasteiger charge is 2.26. The second-order valence-corrected chi connectivity index (χ2v) is 6.33. The molecule has 0 radical (unpaired) electrons. The molecule has 0 spiro atoms. The van der Waals surface area contributed by atoms with Gasteiger partial charge in [-0.05, 0) is 47.5 Å². The first-order chi connectivity index (χ1) is 9.78. The number of ether oxygens (including phenoxy) is 1. The zero-order chi connectivity index (χ0) is 13.9. The third kappa shape index (κ3) is 2.90. The SMILES string of the molecule is CCNC(c1ccc2cc(Br)ccc2c1)C1CCOC1. The molecule has 3 heteroatoms. The highest BCUT2D eigenvalue weighted by molar-refractivity contribution is 9.10. The van der Waals surface area contributed by atoms with Crippen molar-refractivity contribution in [2.24, 2.45) is 5.92 Å². The summed E-state index contributed by atoms with van der Waals surface area (Å²) in [5.41, 5.74) is 1.37. The van der Waals surface area contributed by atoms with Gasteiger partial charge in [0.25, 0.3) is 0 Å². The van der Waals surface area contributed by atoms with Crippen LogP contribution in [0.3, 0.4) is 0 Å². The zero-order valence-corrected chi connectivity index (χ0v) is 13.3. The molecule has 2 aromatic carbocycles. The van der Waals surface area contributed by atoms with E-state index in [2.05, 4.69) is 64.6 Å². The molecule has 0 amide bonds. The van der Waals surface area contributed by atoms with Gasteiger partial charge < -0.3 is 10.1 Å². The van der Waals surface area contributed by atoms with Crippen LogP contribution in [-0.2, 0) is 4.74 Å². The Morgan fingerprint density at radius 1 is 1.25 bits per heavy atom. The van der Waals surface area contributed by atoms with E-state index in [9.17, 15) is 0 Å². The molecule has 3 rings (SSSR count). The molecule has 2 atom stereocenters. The smallest absolute Gasteiger partial charge is 0.0513 e. The number of halogens is 1. The number of nitrogens with one attached hydrogen (secondary N) is 1. The highest BCUT2D eigenvalue weighted by Crippen LogP contribution is 2.31. The standard InChI is InChI=1S/C17H20BrNO/c1-2-19-17(15-7-8-20-11-15)14-4-3-13-10-16(18)6-5-12(13)9-14/h3-6,9-10,15,17,19H,2,7-8,11H2,1H3. The van der Waals surface area contributed by atoms with E-state index >= 15 is 0 Å². The molecule has 20 heavy (non-hydrogen) atoms. The van der Waals surface area contributed by atoms with Crippen LogP contribution in [0.15, 0.2) is 40.9 Å². The second kappa shape index (κ2) is 6.25. The van der Waals surface area contributed by atoms with E-state index in [0.29, 0.717) is 12.0 Å². The fourth-order valence-electron chi connectivity index (χ4n) is 3.02. The van der Waals surface area contributed by atoms with Gasteiger partial charge >= 0.3 is 0 Å². The fraction of sp³-hybridized carbons (Fsp3) is 0.412. The van der Waals surface area contributed by atoms with Crippen LogP contribution in [0.4, 0.5) is 0 Å². The number of hydrogen-bond acceptors (Lipinski definition) is 2. The van der Waals surface area contributed by atoms with Crippen molar-refractivity contribution in [3.05, 3.63) is 46.4 Å². The molecule has 0 saturated carbocycles. The van der Waals surface area contributed by atoms with Crippen LogP contribution in [-0.4, -0.2) is 19.8 Å². The first-order valence-electron chi connectivity index (χ1n) is 7.28. The molecule has 106 valence electrons. The fourth-order valence-corrected chi connectivity index (χ4v) is 3.40. The molecule has 1 heterocycles. The van der Waals surface area contributed by atoms with Gasteiger partial charge in [-0.1, -0.05) is 41.1 Å². The molecule has 1 fully saturated rings. The van der Waals surface area contributed by atoms with E-state index < -0.39 is 0 Å². The van der Waals surface area contributed by atoms with Crippen molar-refractivity contribution in [1.29, 1.82) is 0 Å². The van der Waals surface area contributed by atoms with Gasteiger partial charge in [-0.3, -0.25) is 0 Å². The molecule has 1 aliphatic heterocycles. The molecule has 1 saturated heterocycles. The molecular weight excluding hydrogens is 314 g/mol. The Labute approximate surface area is 128 Å². The van der Waals surface area contributed by atoms with Gasteiger partial charge in [-0.25, -0.2) is 0 Å². The van der Waals surface area contributed by atoms with Crippen molar-refractivity contribution >= 4 is 26.7 Å². The highest BCUT2D eigenvalue weighted by atomic mass is 79.9. The topological polar surface area (TPSA) is 21.3 Å². The van der Waals surface area contributed by atoms with E-state index in [0.717, 1.165) is 30.7 Å². The lowest BCUT2D eigenvalue weighted by atomic mass is 9.91. The van der Waals surface area contributed by atoms with Crippen molar-refractivity contribution < 1.29 is 4.74 Å². The summed E-state index contributed by atoms with van der Waals surface area (Å²) >= 11 is 3.53. The molecule has 0 aromatic heterocycles. The van der Waals surface area contributed by atoms with Gasteiger partial charge in [-0.2, -0.15) is 0 Å². The summed E-state index contributed by atoms with van der Waals surface area (Å²) in [7, 11) is 0. The van der Waals surface area contributed by atoms with Gasteiger partial charge in [0.15, 0.2) is 0 Å². The predicted molar refractivity (Wildman–Crippen MR) is 87.0 cm³/mol. The van der Waals surface area contributed by atoms with Crippen molar-refractivity contribution in [3.63, 3.8) is 0 Å². The van der Waals surface area contributed by atoms with E-state index in [4.69, 9.17) is 4.74 Å². The molecular formula is C17H20BrNO. The predicted octanol–water partition coefficient (Wildman–Crippen LogP) is 4.29. The normalized spacial score (nSPS) is 20.4. The number of fused-ring (bicyclic) bond motifs is 1. The van der Waals surface area contributed by atoms with Crippen LogP contribution < -0.4 is 5.32 Å². The third-order valence-corrected chi connectivity index (χ3v) is 4.54. The first-order valence-corrected chi connectivity index (χ1v) is 8.07. The van der Waals surface area contributed by atoms with E-state index in [1.165, 1.54) is 16.3 Å². The van der Waals surface area contributed by atoms with Crippen molar-refractivity contribution in [1.82, 2.24) is 5.32 Å². The zero-order valence-electron chi connectivity index (χ0n) is 11.7. The summed E-state index contributed by atoms with van der Waals surface area (Å²) < 4.78 is 6.69. The van der Waals surface area contributed by atoms with E-state index in [1.54, 1.807) is 0 Å². The lowest BCUT2D eigenvalue weighted by Crippen LogP contribution is -2.28. The van der Waals surface area contributed by atoms with Crippen LogP contribution in [0.2, 0.25) is 0 Å². The Kier molecular flexibility index (Phi) is 4.39. The Morgan fingerprint density at radius 3 is 2.80 bits per heavy atom. The summed E-state index contributed by atoms with van der Waals surface area (Å²) in [5.74, 6) is 0.586. The summed E-state index contributed by atoms with van der Waals surface area (Å²) in [6.07, 6.45) is 1.15. The van der Waals surface area contributed by atoms with Crippen molar-refractivity contribution in [2.45, 2.75) is 19.4 Å². The number of rotatable bonds is 4. The largest absolute Gasteiger partial charge is 0.381 e. The maximum Gasteiger partial charge on any atom is 0.0513 e. The molecule has 0 aliphatic carbocycles. The minimum Gasteiger partial charge on any atom is -0.381 e. The van der Waals surface area contributed by atoms with Gasteiger partial charge in [0.05, 0.1) is 6.61 Å². The van der Waals surface area contributed by atoms with Crippen LogP contribution in [0.25, 0.3) is 10.8 Å². The van der Waals surface area contributed by atoms with Gasteiger partial charge in [-0.15, -0.1) is 0 Å². The molecule has 1 aliphatic rings. The lowest BCUT2D eigenvalue weighted by molar-refractivity contribution is 0.177. The summed E-state index contributed by atoms with van der Waals surface area (Å²) in [5, 5.41) is 6.21. The quantitative estimate of drug-likeness (QED) is 0.901. The monoisotopic (exact) mass is 333 g/mol. The van der Waals surface area contributed by atoms with Crippen LogP contribution in [0, 0.1) is 5.92 Å². The third-order valence-electron chi connectivity index (χ3n) is 4.05. The Morgan fingerprint density at radius 2 is 2.05 bits per heavy atom. The van der Waals surface area contributed by atoms with E-state index in [-0.39, 0.29) is 0 Å². The van der Waals surface area contributed by atoms with Gasteiger partial charge in [0.1, 0.15) is 0 Å². The Hall–Kier alpha value is -0.900. The van der Waals surface area contributed by atoms with Crippen LogP contribution >= 0.6 is 15.9 Å². The van der Waals surface area contributed by atoms with Crippen LogP contribution in [0.5, 0.6) is 0 Å². The molecule has 2 nitrogen and oxygen atoms in total. The minimum absolute atomic E-state index is 0.399.